The molecular weight excluding hydrogens is 382 g/mol. The third-order valence-corrected chi connectivity index (χ3v) is 4.19. The van der Waals surface area contributed by atoms with Crippen LogP contribution in [0.3, 0.4) is 0 Å². The lowest BCUT2D eigenvalue weighted by molar-refractivity contribution is 0.0886. The van der Waals surface area contributed by atoms with Crippen molar-refractivity contribution in [3.05, 3.63) is 33.1 Å². The molecule has 0 radical (unpaired) electrons. The predicted octanol–water partition coefficient (Wildman–Crippen LogP) is 2.72. The number of hydrogen-bond acceptors (Lipinski definition) is 2. The highest BCUT2D eigenvalue weighted by Crippen LogP contribution is 2.20. The molecule has 1 aliphatic rings. The van der Waals surface area contributed by atoms with Gasteiger partial charge in [0, 0.05) is 9.11 Å². The maximum absolute atomic E-state index is 13.0. The van der Waals surface area contributed by atoms with Crippen LogP contribution in [0.1, 0.15) is 30.1 Å². The molecule has 6 heteroatoms. The molecule has 0 saturated carbocycles. The Morgan fingerprint density at radius 3 is 2.63 bits per heavy atom. The molecule has 2 rings (SSSR count). The average molecular weight is 399 g/mol. The lowest BCUT2D eigenvalue weighted by Crippen LogP contribution is -2.52. The van der Waals surface area contributed by atoms with Gasteiger partial charge >= 0.3 is 0 Å². The molecule has 0 atom stereocenters. The van der Waals surface area contributed by atoms with Crippen molar-refractivity contribution >= 4 is 40.9 Å². The van der Waals surface area contributed by atoms with Gasteiger partial charge in [0.2, 0.25) is 0 Å². The van der Waals surface area contributed by atoms with E-state index in [1.165, 1.54) is 18.2 Å². The second-order valence-corrected chi connectivity index (χ2v) is 6.05. The SMILES string of the molecule is CC1(NC(=O)c2ccc(F)cc2I)CCNCC1.Cl. The van der Waals surface area contributed by atoms with Crippen LogP contribution in [-0.4, -0.2) is 24.5 Å². The van der Waals surface area contributed by atoms with Crippen LogP contribution in [0, 0.1) is 9.39 Å². The first kappa shape index (κ1) is 16.7. The Morgan fingerprint density at radius 1 is 1.42 bits per heavy atom. The summed E-state index contributed by atoms with van der Waals surface area (Å²) in [6.07, 6.45) is 1.83. The maximum Gasteiger partial charge on any atom is 0.252 e. The topological polar surface area (TPSA) is 41.1 Å². The summed E-state index contributed by atoms with van der Waals surface area (Å²) in [5, 5.41) is 6.34. The van der Waals surface area contributed by atoms with E-state index in [9.17, 15) is 9.18 Å². The molecular formula is C13H17ClFIN2O. The molecule has 0 spiro atoms. The molecule has 1 aromatic rings. The van der Waals surface area contributed by atoms with Gasteiger partial charge in [0.25, 0.3) is 5.91 Å². The van der Waals surface area contributed by atoms with E-state index < -0.39 is 0 Å². The summed E-state index contributed by atoms with van der Waals surface area (Å²) in [7, 11) is 0. The first-order chi connectivity index (χ1) is 8.50. The monoisotopic (exact) mass is 398 g/mol. The molecule has 1 aliphatic heterocycles. The van der Waals surface area contributed by atoms with Gasteiger partial charge < -0.3 is 10.6 Å². The van der Waals surface area contributed by atoms with E-state index in [2.05, 4.69) is 17.6 Å². The Bertz CT molecular complexity index is 464. The first-order valence-electron chi connectivity index (χ1n) is 5.98. The minimum Gasteiger partial charge on any atom is -0.347 e. The number of amides is 1. The third-order valence-electron chi connectivity index (χ3n) is 3.30. The van der Waals surface area contributed by atoms with Crippen molar-refractivity contribution in [2.75, 3.05) is 13.1 Å². The lowest BCUT2D eigenvalue weighted by Gasteiger charge is -2.35. The van der Waals surface area contributed by atoms with Gasteiger partial charge in [0.1, 0.15) is 5.82 Å². The summed E-state index contributed by atoms with van der Waals surface area (Å²) >= 11 is 1.99. The standard InChI is InChI=1S/C13H16FIN2O.ClH/c1-13(4-6-16-7-5-13)17-12(18)10-3-2-9(14)8-11(10)15;/h2-3,8,16H,4-7H2,1H3,(H,17,18);1H. The zero-order valence-corrected chi connectivity index (χ0v) is 13.6. The van der Waals surface area contributed by atoms with Crippen LogP contribution < -0.4 is 10.6 Å². The van der Waals surface area contributed by atoms with Gasteiger partial charge in [0.05, 0.1) is 5.56 Å². The molecule has 1 fully saturated rings. The molecule has 106 valence electrons. The second-order valence-electron chi connectivity index (χ2n) is 4.89. The predicted molar refractivity (Wildman–Crippen MR) is 84.3 cm³/mol. The summed E-state index contributed by atoms with van der Waals surface area (Å²) in [6.45, 7) is 3.89. The minimum absolute atomic E-state index is 0. The zero-order chi connectivity index (χ0) is 13.2. The van der Waals surface area contributed by atoms with Crippen molar-refractivity contribution in [3.8, 4) is 0 Å². The summed E-state index contributed by atoms with van der Waals surface area (Å²) < 4.78 is 13.6. The van der Waals surface area contributed by atoms with E-state index in [1.807, 2.05) is 22.6 Å². The highest BCUT2D eigenvalue weighted by Gasteiger charge is 2.29. The van der Waals surface area contributed by atoms with Crippen molar-refractivity contribution < 1.29 is 9.18 Å². The molecule has 1 saturated heterocycles. The average Bonchev–Trinajstić information content (AvgIpc) is 2.28. The normalized spacial score (nSPS) is 17.4. The highest BCUT2D eigenvalue weighted by atomic mass is 127. The van der Waals surface area contributed by atoms with Crippen LogP contribution in [0.5, 0.6) is 0 Å². The number of nitrogens with one attached hydrogen (secondary N) is 2. The molecule has 19 heavy (non-hydrogen) atoms. The van der Waals surface area contributed by atoms with Crippen LogP contribution in [0.2, 0.25) is 0 Å². The molecule has 0 aliphatic carbocycles. The molecule has 0 bridgehead atoms. The molecule has 0 unspecified atom stereocenters. The van der Waals surface area contributed by atoms with Crippen molar-refractivity contribution in [3.63, 3.8) is 0 Å². The van der Waals surface area contributed by atoms with E-state index >= 15 is 0 Å². The van der Waals surface area contributed by atoms with Gasteiger partial charge in [-0.25, -0.2) is 4.39 Å². The van der Waals surface area contributed by atoms with Gasteiger partial charge in [-0.15, -0.1) is 12.4 Å². The van der Waals surface area contributed by atoms with E-state index in [4.69, 9.17) is 0 Å². The smallest absolute Gasteiger partial charge is 0.252 e. The molecule has 1 aromatic carbocycles. The van der Waals surface area contributed by atoms with Gasteiger partial charge in [-0.3, -0.25) is 4.79 Å². The van der Waals surface area contributed by atoms with Crippen molar-refractivity contribution in [1.82, 2.24) is 10.6 Å². The zero-order valence-electron chi connectivity index (χ0n) is 10.6. The van der Waals surface area contributed by atoms with E-state index in [-0.39, 0.29) is 29.7 Å². The fourth-order valence-corrected chi connectivity index (χ4v) is 2.84. The van der Waals surface area contributed by atoms with E-state index in [0.29, 0.717) is 9.13 Å². The van der Waals surface area contributed by atoms with Crippen LogP contribution >= 0.6 is 35.0 Å². The van der Waals surface area contributed by atoms with Gasteiger partial charge in [-0.2, -0.15) is 0 Å². The Morgan fingerprint density at radius 2 is 2.05 bits per heavy atom. The maximum atomic E-state index is 13.0. The molecule has 1 amide bonds. The summed E-state index contributed by atoms with van der Waals surface area (Å²) in [6, 6.07) is 4.24. The highest BCUT2D eigenvalue weighted by molar-refractivity contribution is 14.1. The quantitative estimate of drug-likeness (QED) is 0.752. The largest absolute Gasteiger partial charge is 0.347 e. The summed E-state index contributed by atoms with van der Waals surface area (Å²) in [4.78, 5) is 12.2. The Balaban J connectivity index is 0.00000180. The number of rotatable bonds is 2. The summed E-state index contributed by atoms with van der Waals surface area (Å²) in [5.41, 5.74) is 0.372. The fraction of sp³-hybridized carbons (Fsp3) is 0.462. The van der Waals surface area contributed by atoms with Crippen LogP contribution in [0.4, 0.5) is 4.39 Å². The Hall–Kier alpha value is -0.400. The van der Waals surface area contributed by atoms with E-state index in [1.54, 1.807) is 0 Å². The van der Waals surface area contributed by atoms with Crippen LogP contribution in [0.25, 0.3) is 0 Å². The number of halogens is 3. The van der Waals surface area contributed by atoms with Crippen molar-refractivity contribution in [1.29, 1.82) is 0 Å². The molecule has 0 aromatic heterocycles. The van der Waals surface area contributed by atoms with Crippen LogP contribution in [0.15, 0.2) is 18.2 Å². The number of carbonyl (C=O) groups excluding carboxylic acids is 1. The molecule has 2 N–H and O–H groups in total. The van der Waals surface area contributed by atoms with Crippen molar-refractivity contribution in [2.45, 2.75) is 25.3 Å². The minimum atomic E-state index is -0.316. The number of carbonyl (C=O) groups is 1. The third kappa shape index (κ3) is 4.29. The molecule has 3 nitrogen and oxygen atoms in total. The van der Waals surface area contributed by atoms with Crippen molar-refractivity contribution in [2.24, 2.45) is 0 Å². The Labute approximate surface area is 132 Å². The first-order valence-corrected chi connectivity index (χ1v) is 7.06. The van der Waals surface area contributed by atoms with Crippen LogP contribution in [-0.2, 0) is 0 Å². The lowest BCUT2D eigenvalue weighted by atomic mass is 9.90. The second kappa shape index (κ2) is 6.85. The van der Waals surface area contributed by atoms with Gasteiger partial charge in [-0.05, 0) is 73.6 Å². The number of piperidine rings is 1. The number of hydrogen-bond donors (Lipinski definition) is 2. The molecule has 1 heterocycles. The van der Waals surface area contributed by atoms with E-state index in [0.717, 1.165) is 25.9 Å². The number of benzene rings is 1. The Kier molecular flexibility index (Phi) is 6.01. The summed E-state index contributed by atoms with van der Waals surface area (Å²) in [5.74, 6) is -0.437. The van der Waals surface area contributed by atoms with Gasteiger partial charge in [-0.1, -0.05) is 0 Å². The van der Waals surface area contributed by atoms with Gasteiger partial charge in [0.15, 0.2) is 0 Å². The fourth-order valence-electron chi connectivity index (χ4n) is 2.12.